The Bertz CT molecular complexity index is 1410. The van der Waals surface area contributed by atoms with Crippen LogP contribution >= 0.6 is 0 Å². The standard InChI is InChI=1S/C27H36F3NO7S2/c1-25(2,3)37-24(32)13-15-31(5)39(33,34)18-7-9-19-17(16-18)6-8-21-20(19)12-14-26(4)22(21)10-11-23(26)38-40(35,36)27(28,29)30/h7,9,11,16,20-22H,6,8,10,12-15H2,1-5H3/t20-,21-,22+,26+/m1/s1. The summed E-state index contributed by atoms with van der Waals surface area (Å²) in [7, 11) is -8.18. The average Bonchev–Trinajstić information content (AvgIpc) is 3.15. The number of rotatable bonds is 7. The van der Waals surface area contributed by atoms with Crippen molar-refractivity contribution in [2.45, 2.75) is 88.1 Å². The van der Waals surface area contributed by atoms with Crippen molar-refractivity contribution in [3.8, 4) is 0 Å². The van der Waals surface area contributed by atoms with Crippen LogP contribution in [0.15, 0.2) is 34.9 Å². The number of fused-ring (bicyclic) bond motifs is 5. The lowest BCUT2D eigenvalue weighted by atomic mass is 9.55. The topological polar surface area (TPSA) is 107 Å². The molecule has 3 aliphatic carbocycles. The molecule has 3 aliphatic rings. The molecule has 0 N–H and O–H groups in total. The van der Waals surface area contributed by atoms with E-state index in [1.54, 1.807) is 39.8 Å². The van der Waals surface area contributed by atoms with Crippen molar-refractivity contribution in [2.24, 2.45) is 17.3 Å². The van der Waals surface area contributed by atoms with E-state index >= 15 is 0 Å². The van der Waals surface area contributed by atoms with Gasteiger partial charge in [0.1, 0.15) is 11.4 Å². The summed E-state index contributed by atoms with van der Waals surface area (Å²) in [5, 5.41) is 0. The Morgan fingerprint density at radius 1 is 1.12 bits per heavy atom. The molecule has 4 rings (SSSR count). The van der Waals surface area contributed by atoms with E-state index in [2.05, 4.69) is 4.18 Å². The van der Waals surface area contributed by atoms with Gasteiger partial charge in [0.2, 0.25) is 10.0 Å². The van der Waals surface area contributed by atoms with Crippen molar-refractivity contribution in [2.75, 3.05) is 13.6 Å². The summed E-state index contributed by atoms with van der Waals surface area (Å²) in [4.78, 5) is 12.2. The number of hydrogen-bond acceptors (Lipinski definition) is 7. The van der Waals surface area contributed by atoms with Crippen molar-refractivity contribution in [3.63, 3.8) is 0 Å². The van der Waals surface area contributed by atoms with Gasteiger partial charge >= 0.3 is 21.6 Å². The minimum absolute atomic E-state index is 0.0270. The number of alkyl halides is 3. The summed E-state index contributed by atoms with van der Waals surface area (Å²) in [6.45, 7) is 6.97. The Labute approximate surface area is 234 Å². The van der Waals surface area contributed by atoms with Crippen LogP contribution in [0, 0.1) is 17.3 Å². The molecule has 1 aromatic rings. The molecule has 13 heteroatoms. The Hall–Kier alpha value is -2.12. The molecule has 0 unspecified atom stereocenters. The number of benzene rings is 1. The second-order valence-corrected chi connectivity index (χ2v) is 15.8. The fourth-order valence-corrected chi connectivity index (χ4v) is 8.30. The average molecular weight is 608 g/mol. The van der Waals surface area contributed by atoms with Gasteiger partial charge in [-0.1, -0.05) is 13.0 Å². The monoisotopic (exact) mass is 607 g/mol. The van der Waals surface area contributed by atoms with Crippen molar-refractivity contribution >= 4 is 26.1 Å². The van der Waals surface area contributed by atoms with Gasteiger partial charge in [-0.3, -0.25) is 4.79 Å². The minimum atomic E-state index is -5.75. The van der Waals surface area contributed by atoms with Crippen molar-refractivity contribution < 1.29 is 43.7 Å². The zero-order valence-corrected chi connectivity index (χ0v) is 24.9. The summed E-state index contributed by atoms with van der Waals surface area (Å²) in [5.74, 6) is -0.525. The lowest BCUT2D eigenvalue weighted by molar-refractivity contribution is -0.154. The number of carbonyl (C=O) groups is 1. The fraction of sp³-hybridized carbons (Fsp3) is 0.667. The maximum atomic E-state index is 13.2. The number of carbonyl (C=O) groups excluding carboxylic acids is 1. The highest BCUT2D eigenvalue weighted by atomic mass is 32.2. The fourth-order valence-electron chi connectivity index (χ4n) is 6.48. The van der Waals surface area contributed by atoms with Crippen LogP contribution < -0.4 is 0 Å². The van der Waals surface area contributed by atoms with Gasteiger partial charge < -0.3 is 8.92 Å². The van der Waals surface area contributed by atoms with Crippen molar-refractivity contribution in [3.05, 3.63) is 41.2 Å². The van der Waals surface area contributed by atoms with Gasteiger partial charge in [-0.05, 0) is 100.0 Å². The Morgan fingerprint density at radius 3 is 2.42 bits per heavy atom. The van der Waals surface area contributed by atoms with E-state index in [0.717, 1.165) is 15.4 Å². The number of sulfonamides is 1. The number of allylic oxidation sites excluding steroid dienone is 2. The molecule has 8 nitrogen and oxygen atoms in total. The van der Waals surface area contributed by atoms with Gasteiger partial charge in [-0.25, -0.2) is 12.7 Å². The number of hydrogen-bond donors (Lipinski definition) is 0. The first-order valence-corrected chi connectivity index (χ1v) is 16.1. The van der Waals surface area contributed by atoms with Gasteiger partial charge in [-0.15, -0.1) is 0 Å². The number of esters is 1. The molecule has 0 aliphatic heterocycles. The van der Waals surface area contributed by atoms with Crippen LogP contribution in [0.2, 0.25) is 0 Å². The predicted molar refractivity (Wildman–Crippen MR) is 141 cm³/mol. The third kappa shape index (κ3) is 5.78. The molecule has 1 aromatic carbocycles. The van der Waals surface area contributed by atoms with Gasteiger partial charge in [0.25, 0.3) is 0 Å². The molecule has 40 heavy (non-hydrogen) atoms. The first kappa shape index (κ1) is 30.8. The van der Waals surface area contributed by atoms with E-state index < -0.39 is 42.6 Å². The van der Waals surface area contributed by atoms with Crippen LogP contribution in [0.4, 0.5) is 13.2 Å². The van der Waals surface area contributed by atoms with Gasteiger partial charge in [0.15, 0.2) is 0 Å². The highest BCUT2D eigenvalue weighted by Gasteiger charge is 2.56. The third-order valence-electron chi connectivity index (χ3n) is 8.45. The highest BCUT2D eigenvalue weighted by Crippen LogP contribution is 2.61. The Balaban J connectivity index is 1.48. The van der Waals surface area contributed by atoms with E-state index in [-0.39, 0.29) is 41.4 Å². The van der Waals surface area contributed by atoms with Crippen LogP contribution in [0.3, 0.4) is 0 Å². The quantitative estimate of drug-likeness (QED) is 0.237. The molecule has 0 spiro atoms. The summed E-state index contributed by atoms with van der Waals surface area (Å²) in [6, 6.07) is 5.05. The number of nitrogens with zero attached hydrogens (tertiary/aromatic N) is 1. The minimum Gasteiger partial charge on any atom is -0.460 e. The second-order valence-electron chi connectivity index (χ2n) is 12.2. The lowest BCUT2D eigenvalue weighted by Crippen LogP contribution is -2.42. The Kier molecular flexibility index (Phi) is 7.94. The van der Waals surface area contributed by atoms with Crippen molar-refractivity contribution in [1.82, 2.24) is 4.31 Å². The molecule has 0 radical (unpaired) electrons. The summed E-state index contributed by atoms with van der Waals surface area (Å²) in [6.07, 6.45) is 4.17. The molecular weight excluding hydrogens is 571 g/mol. The maximum Gasteiger partial charge on any atom is 0.534 e. The second kappa shape index (κ2) is 10.3. The largest absolute Gasteiger partial charge is 0.534 e. The van der Waals surface area contributed by atoms with Crippen LogP contribution in [-0.2, 0) is 40.3 Å². The van der Waals surface area contributed by atoms with Crippen LogP contribution in [0.5, 0.6) is 0 Å². The molecule has 0 saturated heterocycles. The first-order chi connectivity index (χ1) is 18.3. The van der Waals surface area contributed by atoms with Gasteiger partial charge in [0, 0.05) is 19.0 Å². The first-order valence-electron chi connectivity index (χ1n) is 13.3. The summed E-state index contributed by atoms with van der Waals surface area (Å²) in [5.41, 5.74) is -5.05. The van der Waals surface area contributed by atoms with Crippen LogP contribution in [0.1, 0.15) is 76.8 Å². The summed E-state index contributed by atoms with van der Waals surface area (Å²) < 4.78 is 99.8. The third-order valence-corrected chi connectivity index (χ3v) is 11.3. The van der Waals surface area contributed by atoms with Gasteiger partial charge in [0.05, 0.1) is 11.3 Å². The molecular formula is C27H36F3NO7S2. The van der Waals surface area contributed by atoms with E-state index in [4.69, 9.17) is 4.74 Å². The zero-order valence-electron chi connectivity index (χ0n) is 23.2. The van der Waals surface area contributed by atoms with Gasteiger partial charge in [-0.2, -0.15) is 21.6 Å². The normalized spacial score (nSPS) is 26.9. The predicted octanol–water partition coefficient (Wildman–Crippen LogP) is 5.26. The molecule has 0 amide bonds. The molecule has 4 atom stereocenters. The van der Waals surface area contributed by atoms with E-state index in [0.29, 0.717) is 32.1 Å². The number of aryl methyl sites for hydroxylation is 1. The smallest absolute Gasteiger partial charge is 0.460 e. The molecule has 224 valence electrons. The zero-order chi connectivity index (χ0) is 29.9. The van der Waals surface area contributed by atoms with E-state index in [9.17, 15) is 34.8 Å². The maximum absolute atomic E-state index is 13.2. The molecule has 0 heterocycles. The van der Waals surface area contributed by atoms with E-state index in [1.807, 2.05) is 6.07 Å². The molecule has 1 saturated carbocycles. The van der Waals surface area contributed by atoms with Crippen LogP contribution in [-0.4, -0.2) is 51.8 Å². The number of halogens is 3. The molecule has 0 bridgehead atoms. The molecule has 0 aromatic heterocycles. The highest BCUT2D eigenvalue weighted by molar-refractivity contribution is 7.89. The SMILES string of the molecule is CN(CCC(=O)OC(C)(C)C)S(=O)(=O)c1ccc2c(c1)CC[C@@H]1[C@@H]2CC[C@]2(C)C(OS(=O)(=O)C(F)(F)F)=CC[C@@H]12. The summed E-state index contributed by atoms with van der Waals surface area (Å²) >= 11 is 0. The molecule has 1 fully saturated rings. The van der Waals surface area contributed by atoms with E-state index in [1.165, 1.54) is 13.1 Å². The lowest BCUT2D eigenvalue weighted by Gasteiger charge is -2.49. The number of ether oxygens (including phenoxy) is 1. The van der Waals surface area contributed by atoms with Crippen LogP contribution in [0.25, 0.3) is 0 Å². The Morgan fingerprint density at radius 2 is 1.80 bits per heavy atom. The van der Waals surface area contributed by atoms with Crippen molar-refractivity contribution in [1.29, 1.82) is 0 Å².